The van der Waals surface area contributed by atoms with E-state index in [1.165, 1.54) is 18.3 Å². The van der Waals surface area contributed by atoms with Gasteiger partial charge in [-0.3, -0.25) is 9.59 Å². The van der Waals surface area contributed by atoms with Crippen molar-refractivity contribution >= 4 is 29.7 Å². The van der Waals surface area contributed by atoms with Gasteiger partial charge in [0.25, 0.3) is 5.91 Å². The number of carbonyl (C=O) groups is 4. The number of nitrogens with zero attached hydrogens (tertiary/aromatic N) is 4. The summed E-state index contributed by atoms with van der Waals surface area (Å²) < 4.78 is 43.0. The van der Waals surface area contributed by atoms with E-state index in [0.717, 1.165) is 5.69 Å². The summed E-state index contributed by atoms with van der Waals surface area (Å²) >= 11 is 0. The molecular weight excluding hydrogens is 873 g/mol. The zero-order valence-corrected chi connectivity index (χ0v) is 40.0. The van der Waals surface area contributed by atoms with Crippen LogP contribution in [0.5, 0.6) is 0 Å². The molecule has 362 valence electrons. The van der Waals surface area contributed by atoms with Crippen molar-refractivity contribution in [2.45, 2.75) is 122 Å². The summed E-state index contributed by atoms with van der Waals surface area (Å²) in [6, 6.07) is 17.5. The van der Waals surface area contributed by atoms with Gasteiger partial charge in [0.1, 0.15) is 52.3 Å². The van der Waals surface area contributed by atoms with Crippen molar-refractivity contribution in [2.75, 3.05) is 24.5 Å². The number of imidazole rings is 2. The van der Waals surface area contributed by atoms with Gasteiger partial charge in [0.2, 0.25) is 5.91 Å². The summed E-state index contributed by atoms with van der Waals surface area (Å²) in [5.74, 6) is -1.19. The standard InChI is InChI=1S/C51H63F2N9O6/c1-30(2)40(58-46(63)41(32-16-11-9-12-17-32)59-48(65)67-50(3,4)5)45-55-28-37(57-45)31-21-24-61(25-22-31)43-35(52)26-34(27-36(43)53)38-29-54-44(56-38)39-20-15-23-62(39)47(64)42(33-18-13-10-14-19-33)60-49(66)68-51(6,7)8/h9-14,16-19,26-31,39-42H,15,20-25H2,1-8H3,(H,54,56)(H,55,57)(H,58,63)(H,59,65)(H,60,66)/t39-,40-,41+,42+/m0/s1. The van der Waals surface area contributed by atoms with E-state index in [1.54, 1.807) is 106 Å². The first-order valence-electron chi connectivity index (χ1n) is 23.3. The number of piperidine rings is 1. The lowest BCUT2D eigenvalue weighted by molar-refractivity contribution is -0.134. The Bertz CT molecular complexity index is 2520. The van der Waals surface area contributed by atoms with Crippen LogP contribution in [0.4, 0.5) is 24.1 Å². The average Bonchev–Trinajstić information content (AvgIpc) is 4.08. The highest BCUT2D eigenvalue weighted by atomic mass is 19.1. The molecular formula is C51H63F2N9O6. The van der Waals surface area contributed by atoms with Gasteiger partial charge in [-0.05, 0) is 96.4 Å². The van der Waals surface area contributed by atoms with Crippen molar-refractivity contribution in [3.8, 4) is 11.3 Å². The molecule has 0 saturated carbocycles. The quantitative estimate of drug-likeness (QED) is 0.0767. The van der Waals surface area contributed by atoms with Crippen LogP contribution in [0.3, 0.4) is 0 Å². The Morgan fingerprint density at radius 3 is 1.84 bits per heavy atom. The van der Waals surface area contributed by atoms with Crippen molar-refractivity contribution in [3.63, 3.8) is 0 Å². The lowest BCUT2D eigenvalue weighted by Crippen LogP contribution is -2.44. The van der Waals surface area contributed by atoms with Crippen LogP contribution >= 0.6 is 0 Å². The van der Waals surface area contributed by atoms with Crippen LogP contribution in [-0.2, 0) is 19.1 Å². The highest BCUT2D eigenvalue weighted by molar-refractivity contribution is 5.88. The molecule has 5 N–H and O–H groups in total. The number of carbonyl (C=O) groups excluding carboxylic acids is 4. The molecule has 2 aliphatic rings. The predicted molar refractivity (Wildman–Crippen MR) is 253 cm³/mol. The van der Waals surface area contributed by atoms with Gasteiger partial charge in [0, 0.05) is 43.0 Å². The summed E-state index contributed by atoms with van der Waals surface area (Å²) in [5, 5.41) is 8.56. The fraction of sp³-hybridized carbons (Fsp3) is 0.451. The Morgan fingerprint density at radius 1 is 0.721 bits per heavy atom. The van der Waals surface area contributed by atoms with E-state index in [-0.39, 0.29) is 29.0 Å². The number of aromatic nitrogens is 4. The van der Waals surface area contributed by atoms with Crippen LogP contribution in [0.25, 0.3) is 11.3 Å². The maximum Gasteiger partial charge on any atom is 0.408 e. The van der Waals surface area contributed by atoms with Gasteiger partial charge in [-0.2, -0.15) is 0 Å². The Balaban J connectivity index is 0.995. The maximum atomic E-state index is 16.0. The van der Waals surface area contributed by atoms with Crippen molar-refractivity contribution in [2.24, 2.45) is 5.92 Å². The highest BCUT2D eigenvalue weighted by Gasteiger charge is 2.38. The number of rotatable bonds is 13. The number of hydrogen-bond acceptors (Lipinski definition) is 9. The summed E-state index contributed by atoms with van der Waals surface area (Å²) in [6.45, 7) is 15.6. The molecule has 2 saturated heterocycles. The van der Waals surface area contributed by atoms with Crippen LogP contribution in [-0.4, -0.2) is 79.7 Å². The Morgan fingerprint density at radius 2 is 1.28 bits per heavy atom. The van der Waals surface area contributed by atoms with Gasteiger partial charge in [0.15, 0.2) is 0 Å². The van der Waals surface area contributed by atoms with Crippen LogP contribution in [0.1, 0.15) is 140 Å². The van der Waals surface area contributed by atoms with Crippen molar-refractivity contribution in [3.05, 3.63) is 125 Å². The number of halogens is 2. The van der Waals surface area contributed by atoms with Gasteiger partial charge in [0.05, 0.1) is 24.0 Å². The molecule has 7 rings (SSSR count). The van der Waals surface area contributed by atoms with Crippen LogP contribution in [0, 0.1) is 17.6 Å². The number of ether oxygens (including phenoxy) is 2. The summed E-state index contributed by atoms with van der Waals surface area (Å²) in [6.07, 6.45) is 4.31. The molecule has 2 aromatic heterocycles. The van der Waals surface area contributed by atoms with E-state index in [9.17, 15) is 19.2 Å². The molecule has 2 fully saturated rings. The van der Waals surface area contributed by atoms with Gasteiger partial charge in [-0.15, -0.1) is 0 Å². The molecule has 4 amide bonds. The smallest absolute Gasteiger partial charge is 0.408 e. The first kappa shape index (κ1) is 49.1. The second-order valence-electron chi connectivity index (χ2n) is 19.9. The number of nitrogens with one attached hydrogen (secondary N) is 5. The van der Waals surface area contributed by atoms with E-state index in [0.29, 0.717) is 73.8 Å². The van der Waals surface area contributed by atoms with Crippen LogP contribution in [0.15, 0.2) is 85.2 Å². The number of likely N-dealkylation sites (tertiary alicyclic amines) is 1. The highest BCUT2D eigenvalue weighted by Crippen LogP contribution is 2.37. The zero-order chi connectivity index (χ0) is 48.9. The molecule has 4 atom stereocenters. The normalized spacial score (nSPS) is 17.1. The molecule has 0 radical (unpaired) electrons. The van der Waals surface area contributed by atoms with E-state index in [4.69, 9.17) is 9.47 Å². The second-order valence-corrected chi connectivity index (χ2v) is 19.9. The van der Waals surface area contributed by atoms with Crippen molar-refractivity contribution in [1.29, 1.82) is 0 Å². The van der Waals surface area contributed by atoms with E-state index >= 15 is 8.78 Å². The zero-order valence-electron chi connectivity index (χ0n) is 40.0. The third-order valence-electron chi connectivity index (χ3n) is 12.0. The number of amides is 4. The van der Waals surface area contributed by atoms with Gasteiger partial charge < -0.3 is 45.2 Å². The van der Waals surface area contributed by atoms with Crippen molar-refractivity contribution < 1.29 is 37.4 Å². The minimum Gasteiger partial charge on any atom is -0.444 e. The number of anilines is 1. The molecule has 3 aromatic carbocycles. The molecule has 0 aliphatic carbocycles. The average molecular weight is 936 g/mol. The number of alkyl carbamates (subject to hydrolysis) is 2. The van der Waals surface area contributed by atoms with Crippen LogP contribution in [0.2, 0.25) is 0 Å². The molecule has 17 heteroatoms. The minimum atomic E-state index is -1.02. The Hall–Kier alpha value is -6.78. The van der Waals surface area contributed by atoms with E-state index < -0.39 is 65.1 Å². The fourth-order valence-electron chi connectivity index (χ4n) is 8.80. The third kappa shape index (κ3) is 12.0. The molecule has 68 heavy (non-hydrogen) atoms. The minimum absolute atomic E-state index is 0.0221. The van der Waals surface area contributed by atoms with Gasteiger partial charge in [-0.1, -0.05) is 74.5 Å². The topological polar surface area (TPSA) is 187 Å². The Kier molecular flexibility index (Phi) is 14.9. The summed E-state index contributed by atoms with van der Waals surface area (Å²) in [5.41, 5.74) is 1.09. The molecule has 2 aliphatic heterocycles. The molecule has 0 unspecified atom stereocenters. The summed E-state index contributed by atoms with van der Waals surface area (Å²) in [7, 11) is 0. The third-order valence-corrected chi connectivity index (χ3v) is 12.0. The lowest BCUT2D eigenvalue weighted by atomic mass is 9.93. The number of hydrogen-bond donors (Lipinski definition) is 5. The second kappa shape index (κ2) is 20.6. The number of H-pyrrole nitrogens is 2. The lowest BCUT2D eigenvalue weighted by Gasteiger charge is -2.33. The molecule has 4 heterocycles. The molecule has 15 nitrogen and oxygen atoms in total. The summed E-state index contributed by atoms with van der Waals surface area (Å²) in [4.78, 5) is 73.0. The Labute approximate surface area is 396 Å². The van der Waals surface area contributed by atoms with E-state index in [2.05, 4.69) is 35.9 Å². The number of aromatic amines is 2. The monoisotopic (exact) mass is 935 g/mol. The molecule has 0 bridgehead atoms. The molecule has 0 spiro atoms. The van der Waals surface area contributed by atoms with Crippen molar-refractivity contribution in [1.82, 2.24) is 40.8 Å². The molecule has 5 aromatic rings. The predicted octanol–water partition coefficient (Wildman–Crippen LogP) is 9.47. The maximum absolute atomic E-state index is 16.0. The van der Waals surface area contributed by atoms with Crippen LogP contribution < -0.4 is 20.9 Å². The largest absolute Gasteiger partial charge is 0.444 e. The first-order chi connectivity index (χ1) is 32.2. The van der Waals surface area contributed by atoms with Gasteiger partial charge in [-0.25, -0.2) is 28.3 Å². The first-order valence-corrected chi connectivity index (χ1v) is 23.3. The van der Waals surface area contributed by atoms with Gasteiger partial charge >= 0.3 is 12.2 Å². The fourth-order valence-corrected chi connectivity index (χ4v) is 8.80. The SMILES string of the molecule is CC(C)[C@H](NC(=O)[C@H](NC(=O)OC(C)(C)C)c1ccccc1)c1ncc(C2CCN(c3c(F)cc(-c4cnc([C@@H]5CCCN5C(=O)[C@H](NC(=O)OC(C)(C)C)c5ccccc5)[nH]4)cc3F)CC2)[nH]1. The number of benzene rings is 3. The van der Waals surface area contributed by atoms with E-state index in [1.807, 2.05) is 26.0 Å².